The van der Waals surface area contributed by atoms with E-state index in [9.17, 15) is 9.59 Å². The predicted octanol–water partition coefficient (Wildman–Crippen LogP) is 0.486. The third-order valence-corrected chi connectivity index (χ3v) is 1.55. The topological polar surface area (TPSA) is 52.6 Å². The molecule has 64 valence electrons. The lowest BCUT2D eigenvalue weighted by molar-refractivity contribution is -0.146. The molecule has 2 atom stereocenters. The summed E-state index contributed by atoms with van der Waals surface area (Å²) in [5.41, 5.74) is 0. The van der Waals surface area contributed by atoms with Gasteiger partial charge in [0.2, 0.25) is 0 Å². The number of rotatable bonds is 3. The first-order valence-electron chi connectivity index (χ1n) is 3.34. The minimum atomic E-state index is -1.29. The number of halogens is 1. The molecular formula is C6H9BrO4. The van der Waals surface area contributed by atoms with Crippen LogP contribution in [-0.2, 0) is 19.1 Å². The SMILES string of the molecule is [2H][C@@H](C(=O)OC)[C@H](Br)C(=O)OC. The highest BCUT2D eigenvalue weighted by Gasteiger charge is 2.19. The molecule has 5 heteroatoms. The van der Waals surface area contributed by atoms with Crippen molar-refractivity contribution in [2.75, 3.05) is 14.2 Å². The summed E-state index contributed by atoms with van der Waals surface area (Å²) in [7, 11) is 2.33. The van der Waals surface area contributed by atoms with E-state index in [1.54, 1.807) is 0 Å². The molecule has 0 fully saturated rings. The van der Waals surface area contributed by atoms with Crippen molar-refractivity contribution in [3.63, 3.8) is 0 Å². The van der Waals surface area contributed by atoms with E-state index in [1.807, 2.05) is 0 Å². The van der Waals surface area contributed by atoms with Gasteiger partial charge in [-0.1, -0.05) is 15.9 Å². The van der Waals surface area contributed by atoms with Gasteiger partial charge in [0.1, 0.15) is 4.83 Å². The molecule has 0 unspecified atom stereocenters. The van der Waals surface area contributed by atoms with Crippen LogP contribution in [-0.4, -0.2) is 31.0 Å². The Labute approximate surface area is 74.4 Å². The second kappa shape index (κ2) is 5.12. The standard InChI is InChI=1S/C6H9BrO4/c1-10-5(8)3-4(7)6(9)11-2/h4H,3H2,1-2H3/t4-/m0/s1/i3D/t3-,4+/m1. The number of hydrogen-bond acceptors (Lipinski definition) is 4. The molecule has 0 saturated heterocycles. The van der Waals surface area contributed by atoms with Crippen LogP contribution in [0.1, 0.15) is 7.77 Å². The minimum absolute atomic E-state index is 0.666. The summed E-state index contributed by atoms with van der Waals surface area (Å²) in [5.74, 6) is -1.44. The Morgan fingerprint density at radius 3 is 2.45 bits per heavy atom. The molecule has 0 radical (unpaired) electrons. The molecule has 0 aliphatic heterocycles. The molecule has 0 aliphatic rings. The second-order valence-electron chi connectivity index (χ2n) is 1.61. The molecule has 0 aromatic carbocycles. The number of carbonyl (C=O) groups excluding carboxylic acids is 2. The number of ether oxygens (including phenoxy) is 2. The minimum Gasteiger partial charge on any atom is -0.469 e. The number of hydrogen-bond donors (Lipinski definition) is 0. The maximum absolute atomic E-state index is 10.8. The van der Waals surface area contributed by atoms with Crippen molar-refractivity contribution in [1.82, 2.24) is 0 Å². The number of methoxy groups -OCH3 is 2. The van der Waals surface area contributed by atoms with Crippen LogP contribution < -0.4 is 0 Å². The second-order valence-corrected chi connectivity index (χ2v) is 2.60. The van der Waals surface area contributed by atoms with Crippen LogP contribution in [0.5, 0.6) is 0 Å². The molecule has 4 nitrogen and oxygen atoms in total. The molecule has 0 aromatic rings. The number of carbonyl (C=O) groups is 2. The van der Waals surface area contributed by atoms with Crippen molar-refractivity contribution >= 4 is 27.9 Å². The largest absolute Gasteiger partial charge is 0.469 e. The van der Waals surface area contributed by atoms with Gasteiger partial charge in [-0.15, -0.1) is 0 Å². The van der Waals surface area contributed by atoms with E-state index >= 15 is 0 Å². The van der Waals surface area contributed by atoms with Gasteiger partial charge >= 0.3 is 11.9 Å². The first kappa shape index (κ1) is 8.52. The Kier molecular flexibility index (Phi) is 3.96. The average molecular weight is 226 g/mol. The first-order valence-corrected chi connectivity index (χ1v) is 3.68. The molecule has 0 heterocycles. The fraction of sp³-hybridized carbons (Fsp3) is 0.667. The molecule has 0 rings (SSSR count). The van der Waals surface area contributed by atoms with Gasteiger partial charge in [0, 0.05) is 1.37 Å². The zero-order valence-corrected chi connectivity index (χ0v) is 7.75. The summed E-state index contributed by atoms with van der Waals surface area (Å²) < 4.78 is 15.8. The molecule has 0 aliphatic carbocycles. The Morgan fingerprint density at radius 1 is 1.55 bits per heavy atom. The van der Waals surface area contributed by atoms with Gasteiger partial charge in [0.15, 0.2) is 0 Å². The lowest BCUT2D eigenvalue weighted by Gasteiger charge is -2.04. The maximum atomic E-state index is 10.8. The summed E-state index contributed by atoms with van der Waals surface area (Å²) in [6, 6.07) is 0. The van der Waals surface area contributed by atoms with E-state index in [-0.39, 0.29) is 0 Å². The van der Waals surface area contributed by atoms with E-state index < -0.39 is 23.2 Å². The quantitative estimate of drug-likeness (QED) is 0.519. The van der Waals surface area contributed by atoms with Crippen molar-refractivity contribution in [2.24, 2.45) is 0 Å². The summed E-state index contributed by atoms with van der Waals surface area (Å²) >= 11 is 2.85. The van der Waals surface area contributed by atoms with Crippen LogP contribution in [0.2, 0.25) is 0 Å². The number of esters is 2. The maximum Gasteiger partial charge on any atom is 0.320 e. The molecular weight excluding hydrogens is 216 g/mol. The highest BCUT2D eigenvalue weighted by molar-refractivity contribution is 9.10. The Bertz CT molecular complexity index is 164. The summed E-state index contributed by atoms with van der Waals surface area (Å²) in [6.45, 7) is 0. The molecule has 0 aromatic heterocycles. The fourth-order valence-corrected chi connectivity index (χ4v) is 0.771. The van der Waals surface area contributed by atoms with Gasteiger partial charge in [-0.05, 0) is 0 Å². The van der Waals surface area contributed by atoms with Gasteiger partial charge in [-0.3, -0.25) is 9.59 Å². The van der Waals surface area contributed by atoms with Crippen LogP contribution in [0.4, 0.5) is 0 Å². The molecule has 0 amide bonds. The van der Waals surface area contributed by atoms with Gasteiger partial charge in [-0.2, -0.15) is 0 Å². The Morgan fingerprint density at radius 2 is 2.09 bits per heavy atom. The van der Waals surface area contributed by atoms with Crippen molar-refractivity contribution in [1.29, 1.82) is 0 Å². The summed E-state index contributed by atoms with van der Waals surface area (Å²) in [5, 5.41) is 0. The van der Waals surface area contributed by atoms with Crippen LogP contribution in [0, 0.1) is 0 Å². The van der Waals surface area contributed by atoms with Crippen LogP contribution in [0.15, 0.2) is 0 Å². The Balaban J connectivity index is 4.18. The van der Waals surface area contributed by atoms with Crippen molar-refractivity contribution in [3.8, 4) is 0 Å². The third-order valence-electron chi connectivity index (χ3n) is 0.910. The van der Waals surface area contributed by atoms with E-state index in [1.165, 1.54) is 7.11 Å². The van der Waals surface area contributed by atoms with Crippen molar-refractivity contribution < 1.29 is 20.4 Å². The summed E-state index contributed by atoms with van der Waals surface area (Å²) in [4.78, 5) is 20.5. The molecule has 11 heavy (non-hydrogen) atoms. The van der Waals surface area contributed by atoms with Gasteiger partial charge in [-0.25, -0.2) is 0 Å². The predicted molar refractivity (Wildman–Crippen MR) is 41.4 cm³/mol. The van der Waals surface area contributed by atoms with E-state index in [2.05, 4.69) is 25.4 Å². The highest BCUT2D eigenvalue weighted by atomic mass is 79.9. The van der Waals surface area contributed by atoms with Crippen LogP contribution in [0.25, 0.3) is 0 Å². The molecule has 0 spiro atoms. The third kappa shape index (κ3) is 3.98. The van der Waals surface area contributed by atoms with Crippen LogP contribution >= 0.6 is 15.9 Å². The van der Waals surface area contributed by atoms with Gasteiger partial charge < -0.3 is 9.47 Å². The normalized spacial score (nSPS) is 16.1. The monoisotopic (exact) mass is 225 g/mol. The zero-order valence-electron chi connectivity index (χ0n) is 7.17. The highest BCUT2D eigenvalue weighted by Crippen LogP contribution is 2.07. The Hall–Kier alpha value is -0.580. The first-order chi connectivity index (χ1) is 5.54. The van der Waals surface area contributed by atoms with E-state index in [4.69, 9.17) is 1.37 Å². The van der Waals surface area contributed by atoms with Crippen molar-refractivity contribution in [2.45, 2.75) is 11.2 Å². The lowest BCUT2D eigenvalue weighted by Crippen LogP contribution is -2.19. The number of alkyl halides is 1. The fourth-order valence-electron chi connectivity index (χ4n) is 0.368. The molecule has 0 N–H and O–H groups in total. The van der Waals surface area contributed by atoms with Gasteiger partial charge in [0.25, 0.3) is 0 Å². The van der Waals surface area contributed by atoms with E-state index in [0.29, 0.717) is 0 Å². The average Bonchev–Trinajstić information content (AvgIpc) is 2.12. The smallest absolute Gasteiger partial charge is 0.320 e. The molecule has 0 bridgehead atoms. The van der Waals surface area contributed by atoms with Gasteiger partial charge in [0.05, 0.1) is 20.6 Å². The van der Waals surface area contributed by atoms with E-state index in [0.717, 1.165) is 7.11 Å². The van der Waals surface area contributed by atoms with Crippen molar-refractivity contribution in [3.05, 3.63) is 0 Å². The summed E-state index contributed by atoms with van der Waals surface area (Å²) in [6.07, 6.45) is -1.29. The zero-order chi connectivity index (χ0) is 9.72. The lowest BCUT2D eigenvalue weighted by atomic mass is 10.3. The van der Waals surface area contributed by atoms with Crippen LogP contribution in [0.3, 0.4) is 0 Å². The molecule has 0 saturated carbocycles.